The largest absolute Gasteiger partial charge is 0.417 e. The smallest absolute Gasteiger partial charge is 0.314 e. The van der Waals surface area contributed by atoms with E-state index in [9.17, 15) is 13.2 Å². The molecule has 1 atom stereocenters. The summed E-state index contributed by atoms with van der Waals surface area (Å²) in [6.45, 7) is 3.72. The van der Waals surface area contributed by atoms with Gasteiger partial charge >= 0.3 is 6.18 Å². The number of alkyl halides is 3. The van der Waals surface area contributed by atoms with E-state index in [0.717, 1.165) is 50.7 Å². The molecule has 3 rings (SSSR count). The Labute approximate surface area is 145 Å². The maximum absolute atomic E-state index is 12.9. The third-order valence-electron chi connectivity index (χ3n) is 4.78. The van der Waals surface area contributed by atoms with Crippen LogP contribution in [0, 0.1) is 5.92 Å². The zero-order valence-corrected chi connectivity index (χ0v) is 14.3. The van der Waals surface area contributed by atoms with Gasteiger partial charge < -0.3 is 5.32 Å². The summed E-state index contributed by atoms with van der Waals surface area (Å²) in [4.78, 5) is 2.39. The van der Waals surface area contributed by atoms with Crippen LogP contribution in [0.4, 0.5) is 13.2 Å². The minimum Gasteiger partial charge on any atom is -0.314 e. The van der Waals surface area contributed by atoms with E-state index in [4.69, 9.17) is 11.6 Å². The number of hydrogen-bond donors (Lipinski definition) is 1. The van der Waals surface area contributed by atoms with Gasteiger partial charge in [0.25, 0.3) is 0 Å². The Morgan fingerprint density at radius 3 is 2.30 bits per heavy atom. The molecule has 23 heavy (non-hydrogen) atoms. The summed E-state index contributed by atoms with van der Waals surface area (Å²) in [6, 6.07) is 4.45. The third kappa shape index (κ3) is 4.13. The Hall–Kier alpha value is -0.490. The SMILES string of the molecule is Cl.FC(F)(F)c1ccc([C@H](C2CCC2)N2CCNCC2)cc1Cl. The van der Waals surface area contributed by atoms with E-state index in [1.807, 2.05) is 0 Å². The van der Waals surface area contributed by atoms with Gasteiger partial charge in [0, 0.05) is 32.2 Å². The molecule has 2 nitrogen and oxygen atoms in total. The number of rotatable bonds is 3. The second kappa shape index (κ2) is 7.60. The van der Waals surface area contributed by atoms with Gasteiger partial charge in [-0.15, -0.1) is 12.4 Å². The molecule has 0 aromatic heterocycles. The molecular formula is C16H21Cl2F3N2. The average molecular weight is 369 g/mol. The van der Waals surface area contributed by atoms with Crippen LogP contribution in [0.25, 0.3) is 0 Å². The van der Waals surface area contributed by atoms with Gasteiger partial charge in [0.05, 0.1) is 10.6 Å². The molecule has 0 bridgehead atoms. The van der Waals surface area contributed by atoms with Crippen LogP contribution in [0.15, 0.2) is 18.2 Å². The molecule has 1 aromatic carbocycles. The Morgan fingerprint density at radius 2 is 1.83 bits per heavy atom. The average Bonchev–Trinajstić information content (AvgIpc) is 2.42. The zero-order chi connectivity index (χ0) is 15.7. The Bertz CT molecular complexity index is 527. The van der Waals surface area contributed by atoms with Crippen LogP contribution >= 0.6 is 24.0 Å². The second-order valence-electron chi connectivity index (χ2n) is 6.16. The number of hydrogen-bond acceptors (Lipinski definition) is 2. The van der Waals surface area contributed by atoms with Gasteiger partial charge in [0.1, 0.15) is 0 Å². The fraction of sp³-hybridized carbons (Fsp3) is 0.625. The van der Waals surface area contributed by atoms with E-state index in [0.29, 0.717) is 5.92 Å². The number of nitrogens with zero attached hydrogens (tertiary/aromatic N) is 1. The van der Waals surface area contributed by atoms with E-state index in [2.05, 4.69) is 10.2 Å². The Balaban J connectivity index is 0.00000192. The van der Waals surface area contributed by atoms with Crippen LogP contribution in [0.5, 0.6) is 0 Å². The summed E-state index contributed by atoms with van der Waals surface area (Å²) in [5, 5.41) is 3.13. The van der Waals surface area contributed by atoms with Crippen molar-refractivity contribution >= 4 is 24.0 Å². The number of benzene rings is 1. The van der Waals surface area contributed by atoms with Crippen molar-refractivity contribution < 1.29 is 13.2 Å². The van der Waals surface area contributed by atoms with Crippen LogP contribution in [0.3, 0.4) is 0 Å². The van der Waals surface area contributed by atoms with E-state index >= 15 is 0 Å². The van der Waals surface area contributed by atoms with Crippen molar-refractivity contribution in [2.45, 2.75) is 31.5 Å². The van der Waals surface area contributed by atoms with Gasteiger partial charge in [-0.05, 0) is 36.5 Å². The van der Waals surface area contributed by atoms with Crippen molar-refractivity contribution in [2.75, 3.05) is 26.2 Å². The van der Waals surface area contributed by atoms with E-state index in [1.165, 1.54) is 12.5 Å². The third-order valence-corrected chi connectivity index (χ3v) is 5.09. The van der Waals surface area contributed by atoms with Crippen molar-refractivity contribution in [1.29, 1.82) is 0 Å². The van der Waals surface area contributed by atoms with Crippen LogP contribution in [-0.4, -0.2) is 31.1 Å². The zero-order valence-electron chi connectivity index (χ0n) is 12.7. The summed E-state index contributed by atoms with van der Waals surface area (Å²) in [5.41, 5.74) is 0.176. The van der Waals surface area contributed by atoms with Crippen molar-refractivity contribution in [3.63, 3.8) is 0 Å². The molecule has 2 fully saturated rings. The fourth-order valence-corrected chi connectivity index (χ4v) is 3.74. The van der Waals surface area contributed by atoms with Gasteiger partial charge in [-0.25, -0.2) is 0 Å². The first-order chi connectivity index (χ1) is 10.5. The van der Waals surface area contributed by atoms with Crippen LogP contribution < -0.4 is 5.32 Å². The summed E-state index contributed by atoms with van der Waals surface area (Å²) in [5.74, 6) is 0.533. The molecule has 2 aliphatic rings. The number of nitrogens with one attached hydrogen (secondary N) is 1. The highest BCUT2D eigenvalue weighted by Gasteiger charge is 2.36. The summed E-state index contributed by atoms with van der Waals surface area (Å²) >= 11 is 5.91. The van der Waals surface area contributed by atoms with Crippen molar-refractivity contribution in [1.82, 2.24) is 10.2 Å². The lowest BCUT2D eigenvalue weighted by molar-refractivity contribution is -0.137. The molecule has 130 valence electrons. The maximum atomic E-state index is 12.9. The fourth-order valence-electron chi connectivity index (χ4n) is 3.44. The topological polar surface area (TPSA) is 15.3 Å². The summed E-state index contributed by atoms with van der Waals surface area (Å²) < 4.78 is 38.6. The highest BCUT2D eigenvalue weighted by Crippen LogP contribution is 2.43. The Kier molecular flexibility index (Phi) is 6.22. The molecule has 1 heterocycles. The minimum absolute atomic E-state index is 0. The summed E-state index contributed by atoms with van der Waals surface area (Å²) in [6.07, 6.45) is -0.890. The molecule has 1 aromatic rings. The first-order valence-electron chi connectivity index (χ1n) is 7.78. The van der Waals surface area contributed by atoms with Gasteiger partial charge in [-0.2, -0.15) is 13.2 Å². The molecule has 1 aliphatic heterocycles. The number of piperazine rings is 1. The predicted octanol–water partition coefficient (Wildman–Crippen LogP) is 4.53. The highest BCUT2D eigenvalue weighted by atomic mass is 35.5. The minimum atomic E-state index is -4.39. The molecule has 0 spiro atoms. The standard InChI is InChI=1S/C16H20ClF3N2.ClH/c17-14-10-12(4-5-13(14)16(18,19)20)15(11-2-1-3-11)22-8-6-21-7-9-22;/h4-5,10-11,15,21H,1-3,6-9H2;1H/t15-;/m0./s1. The van der Waals surface area contributed by atoms with E-state index in [1.54, 1.807) is 6.07 Å². The molecule has 1 saturated heterocycles. The van der Waals surface area contributed by atoms with Crippen LogP contribution in [0.1, 0.15) is 36.4 Å². The number of halogens is 5. The molecule has 7 heteroatoms. The maximum Gasteiger partial charge on any atom is 0.417 e. The lowest BCUT2D eigenvalue weighted by atomic mass is 9.76. The van der Waals surface area contributed by atoms with Crippen molar-refractivity contribution in [3.05, 3.63) is 34.3 Å². The summed E-state index contributed by atoms with van der Waals surface area (Å²) in [7, 11) is 0. The molecule has 0 radical (unpaired) electrons. The van der Waals surface area contributed by atoms with Crippen LogP contribution in [-0.2, 0) is 6.18 Å². The van der Waals surface area contributed by atoms with E-state index < -0.39 is 11.7 Å². The molecule has 1 N–H and O–H groups in total. The van der Waals surface area contributed by atoms with Crippen molar-refractivity contribution in [2.24, 2.45) is 5.92 Å². The second-order valence-corrected chi connectivity index (χ2v) is 6.57. The predicted molar refractivity (Wildman–Crippen MR) is 88.2 cm³/mol. The highest BCUT2D eigenvalue weighted by molar-refractivity contribution is 6.31. The molecule has 0 amide bonds. The molecule has 1 saturated carbocycles. The van der Waals surface area contributed by atoms with Gasteiger partial charge in [-0.1, -0.05) is 24.1 Å². The van der Waals surface area contributed by atoms with Gasteiger partial charge in [-0.3, -0.25) is 4.90 Å². The van der Waals surface area contributed by atoms with E-state index in [-0.39, 0.29) is 23.5 Å². The quantitative estimate of drug-likeness (QED) is 0.843. The lowest BCUT2D eigenvalue weighted by Crippen LogP contribution is -2.47. The first kappa shape index (κ1) is 18.8. The van der Waals surface area contributed by atoms with Gasteiger partial charge in [0.2, 0.25) is 0 Å². The Morgan fingerprint density at radius 1 is 1.17 bits per heavy atom. The van der Waals surface area contributed by atoms with Crippen LogP contribution in [0.2, 0.25) is 5.02 Å². The first-order valence-corrected chi connectivity index (χ1v) is 8.16. The molecular weight excluding hydrogens is 348 g/mol. The molecule has 1 aliphatic carbocycles. The van der Waals surface area contributed by atoms with Gasteiger partial charge in [0.15, 0.2) is 0 Å². The molecule has 0 unspecified atom stereocenters. The normalized spacial score (nSPS) is 21.4. The van der Waals surface area contributed by atoms with Crippen molar-refractivity contribution in [3.8, 4) is 0 Å². The lowest BCUT2D eigenvalue weighted by Gasteiger charge is -2.43. The monoisotopic (exact) mass is 368 g/mol.